The van der Waals surface area contributed by atoms with E-state index in [2.05, 4.69) is 32.3 Å². The lowest BCUT2D eigenvalue weighted by molar-refractivity contribution is 0.323. The van der Waals surface area contributed by atoms with Crippen molar-refractivity contribution in [1.82, 2.24) is 5.32 Å². The Kier molecular flexibility index (Phi) is 7.82. The Hall–Kier alpha value is -0.240. The van der Waals surface area contributed by atoms with Gasteiger partial charge in [0.05, 0.1) is 10.0 Å². The Balaban J connectivity index is 2.75. The topological polar surface area (TPSA) is 12.0 Å². The Bertz CT molecular complexity index is 373. The third kappa shape index (κ3) is 5.33. The summed E-state index contributed by atoms with van der Waals surface area (Å²) in [5.74, 6) is 0.731. The molecule has 0 radical (unpaired) electrons. The van der Waals surface area contributed by atoms with E-state index >= 15 is 0 Å². The molecule has 0 fully saturated rings. The van der Waals surface area contributed by atoms with Crippen molar-refractivity contribution < 1.29 is 0 Å². The standard InChI is InChI=1S/C16H25Cl2N/c1-4-6-13(7-5-2)16(19-3)11-12-8-9-14(17)15(18)10-12/h8-10,13,16,19H,4-7,11H2,1-3H3. The predicted octanol–water partition coefficient (Wildman–Crippen LogP) is 5.34. The third-order valence-corrected chi connectivity index (χ3v) is 4.44. The van der Waals surface area contributed by atoms with Crippen LogP contribution in [0.25, 0.3) is 0 Å². The predicted molar refractivity (Wildman–Crippen MR) is 86.3 cm³/mol. The lowest BCUT2D eigenvalue weighted by Gasteiger charge is -2.26. The monoisotopic (exact) mass is 301 g/mol. The Morgan fingerprint density at radius 3 is 2.16 bits per heavy atom. The third-order valence-electron chi connectivity index (χ3n) is 3.70. The molecule has 0 bridgehead atoms. The molecule has 0 heterocycles. The minimum absolute atomic E-state index is 0.511. The second kappa shape index (κ2) is 8.84. The van der Waals surface area contributed by atoms with Crippen LogP contribution in [0.1, 0.15) is 45.1 Å². The smallest absolute Gasteiger partial charge is 0.0595 e. The van der Waals surface area contributed by atoms with Crippen molar-refractivity contribution >= 4 is 23.2 Å². The zero-order chi connectivity index (χ0) is 14.3. The molecule has 0 aliphatic heterocycles. The maximum atomic E-state index is 6.09. The van der Waals surface area contributed by atoms with E-state index in [-0.39, 0.29) is 0 Å². The van der Waals surface area contributed by atoms with E-state index in [0.717, 1.165) is 12.3 Å². The van der Waals surface area contributed by atoms with Crippen molar-refractivity contribution in [2.24, 2.45) is 5.92 Å². The van der Waals surface area contributed by atoms with E-state index < -0.39 is 0 Å². The molecule has 1 aromatic rings. The first-order valence-corrected chi connectivity index (χ1v) is 7.99. The fourth-order valence-corrected chi connectivity index (χ4v) is 3.03. The molecule has 0 saturated heterocycles. The van der Waals surface area contributed by atoms with Crippen LogP contribution < -0.4 is 5.32 Å². The van der Waals surface area contributed by atoms with Crippen LogP contribution >= 0.6 is 23.2 Å². The summed E-state index contributed by atoms with van der Waals surface area (Å²) < 4.78 is 0. The van der Waals surface area contributed by atoms with Crippen molar-refractivity contribution in [1.29, 1.82) is 0 Å². The molecule has 0 spiro atoms. The molecule has 1 nitrogen and oxygen atoms in total. The summed E-state index contributed by atoms with van der Waals surface area (Å²) in [6.07, 6.45) is 6.05. The normalized spacial score (nSPS) is 12.9. The lowest BCUT2D eigenvalue weighted by Crippen LogP contribution is -2.35. The molecule has 0 aliphatic rings. The summed E-state index contributed by atoms with van der Waals surface area (Å²) in [5.41, 5.74) is 1.26. The van der Waals surface area contributed by atoms with Gasteiger partial charge in [0.15, 0.2) is 0 Å². The minimum Gasteiger partial charge on any atom is -0.316 e. The second-order valence-electron chi connectivity index (χ2n) is 5.19. The van der Waals surface area contributed by atoms with Crippen LogP contribution in [0.15, 0.2) is 18.2 Å². The molecule has 1 rings (SSSR count). The first-order chi connectivity index (χ1) is 9.12. The highest BCUT2D eigenvalue weighted by Gasteiger charge is 2.19. The molecule has 0 saturated carbocycles. The number of rotatable bonds is 8. The van der Waals surface area contributed by atoms with Gasteiger partial charge in [-0.1, -0.05) is 56.0 Å². The van der Waals surface area contributed by atoms with Crippen LogP contribution in [0.4, 0.5) is 0 Å². The van der Waals surface area contributed by atoms with Crippen LogP contribution in [0.3, 0.4) is 0 Å². The van der Waals surface area contributed by atoms with Crippen LogP contribution in [0.2, 0.25) is 10.0 Å². The molecule has 0 amide bonds. The van der Waals surface area contributed by atoms with Gasteiger partial charge >= 0.3 is 0 Å². The first kappa shape index (κ1) is 16.8. The summed E-state index contributed by atoms with van der Waals surface area (Å²) in [5, 5.41) is 4.76. The highest BCUT2D eigenvalue weighted by molar-refractivity contribution is 6.42. The average Bonchev–Trinajstić information content (AvgIpc) is 2.40. The molecule has 3 heteroatoms. The first-order valence-electron chi connectivity index (χ1n) is 7.23. The zero-order valence-corrected chi connectivity index (χ0v) is 13.7. The number of hydrogen-bond acceptors (Lipinski definition) is 1. The van der Waals surface area contributed by atoms with Crippen LogP contribution in [-0.2, 0) is 6.42 Å². The van der Waals surface area contributed by atoms with E-state index in [0.29, 0.717) is 16.1 Å². The summed E-state index contributed by atoms with van der Waals surface area (Å²) in [7, 11) is 2.06. The van der Waals surface area contributed by atoms with Crippen LogP contribution in [0.5, 0.6) is 0 Å². The van der Waals surface area contributed by atoms with Gasteiger partial charge in [-0.05, 0) is 49.9 Å². The van der Waals surface area contributed by atoms with Crippen molar-refractivity contribution in [3.05, 3.63) is 33.8 Å². The number of likely N-dealkylation sites (N-methyl/N-ethyl adjacent to an activating group) is 1. The SMILES string of the molecule is CCCC(CCC)C(Cc1ccc(Cl)c(Cl)c1)NC. The largest absolute Gasteiger partial charge is 0.316 e. The van der Waals surface area contributed by atoms with Gasteiger partial charge in [0.1, 0.15) is 0 Å². The maximum Gasteiger partial charge on any atom is 0.0595 e. The minimum atomic E-state index is 0.511. The maximum absolute atomic E-state index is 6.09. The van der Waals surface area contributed by atoms with Crippen LogP contribution in [0, 0.1) is 5.92 Å². The van der Waals surface area contributed by atoms with Crippen molar-refractivity contribution in [3.8, 4) is 0 Å². The Morgan fingerprint density at radius 2 is 1.68 bits per heavy atom. The molecule has 1 N–H and O–H groups in total. The van der Waals surface area contributed by atoms with Gasteiger partial charge in [-0.3, -0.25) is 0 Å². The number of halogens is 2. The van der Waals surface area contributed by atoms with Crippen LogP contribution in [-0.4, -0.2) is 13.1 Å². The highest BCUT2D eigenvalue weighted by atomic mass is 35.5. The van der Waals surface area contributed by atoms with Gasteiger partial charge in [0.25, 0.3) is 0 Å². The summed E-state index contributed by atoms with van der Waals surface area (Å²) >= 11 is 12.1. The molecular weight excluding hydrogens is 277 g/mol. The molecule has 1 aromatic carbocycles. The Morgan fingerprint density at radius 1 is 1.05 bits per heavy atom. The summed E-state index contributed by atoms with van der Waals surface area (Å²) in [6.45, 7) is 4.52. The molecular formula is C16H25Cl2N. The van der Waals surface area contributed by atoms with E-state index in [1.54, 1.807) is 0 Å². The number of hydrogen-bond donors (Lipinski definition) is 1. The van der Waals surface area contributed by atoms with Crippen molar-refractivity contribution in [2.75, 3.05) is 7.05 Å². The average molecular weight is 302 g/mol. The molecule has 0 aromatic heterocycles. The quantitative estimate of drug-likeness (QED) is 0.683. The molecule has 19 heavy (non-hydrogen) atoms. The molecule has 108 valence electrons. The Labute approximate surface area is 127 Å². The number of benzene rings is 1. The van der Waals surface area contributed by atoms with E-state index in [1.807, 2.05) is 12.1 Å². The fraction of sp³-hybridized carbons (Fsp3) is 0.625. The van der Waals surface area contributed by atoms with Gasteiger partial charge in [-0.25, -0.2) is 0 Å². The number of nitrogens with one attached hydrogen (secondary N) is 1. The zero-order valence-electron chi connectivity index (χ0n) is 12.2. The molecule has 0 aliphatic carbocycles. The van der Waals surface area contributed by atoms with Gasteiger partial charge in [-0.2, -0.15) is 0 Å². The lowest BCUT2D eigenvalue weighted by atomic mass is 9.87. The second-order valence-corrected chi connectivity index (χ2v) is 6.00. The van der Waals surface area contributed by atoms with Gasteiger partial charge in [0.2, 0.25) is 0 Å². The van der Waals surface area contributed by atoms with Gasteiger partial charge in [-0.15, -0.1) is 0 Å². The van der Waals surface area contributed by atoms with Gasteiger partial charge < -0.3 is 5.32 Å². The molecule has 1 atom stereocenters. The summed E-state index contributed by atoms with van der Waals surface area (Å²) in [4.78, 5) is 0. The summed E-state index contributed by atoms with van der Waals surface area (Å²) in [6, 6.07) is 6.47. The van der Waals surface area contributed by atoms with Crippen molar-refractivity contribution in [3.63, 3.8) is 0 Å². The van der Waals surface area contributed by atoms with E-state index in [9.17, 15) is 0 Å². The fourth-order valence-electron chi connectivity index (χ4n) is 2.71. The molecule has 1 unspecified atom stereocenters. The van der Waals surface area contributed by atoms with Gasteiger partial charge in [0, 0.05) is 6.04 Å². The van der Waals surface area contributed by atoms with Crippen molar-refractivity contribution in [2.45, 2.75) is 52.0 Å². The highest BCUT2D eigenvalue weighted by Crippen LogP contribution is 2.25. The van der Waals surface area contributed by atoms with E-state index in [1.165, 1.54) is 31.2 Å². The van der Waals surface area contributed by atoms with E-state index in [4.69, 9.17) is 23.2 Å².